The van der Waals surface area contributed by atoms with Crippen molar-refractivity contribution >= 4 is 46.3 Å². The Labute approximate surface area is 258 Å². The zero-order valence-electron chi connectivity index (χ0n) is 22.7. The van der Waals surface area contributed by atoms with Crippen LogP contribution in [-0.2, 0) is 11.9 Å². The van der Waals surface area contributed by atoms with Crippen molar-refractivity contribution in [3.8, 4) is 17.3 Å². The molecule has 0 spiro atoms. The predicted octanol–water partition coefficient (Wildman–Crippen LogP) is 7.22. The molecule has 14 heteroatoms. The molecule has 0 bridgehead atoms. The molecule has 0 aliphatic carbocycles. The Morgan fingerprint density at radius 3 is 2.63 bits per heavy atom. The van der Waals surface area contributed by atoms with Crippen LogP contribution < -0.4 is 4.90 Å². The van der Waals surface area contributed by atoms with Crippen LogP contribution in [0.3, 0.4) is 0 Å². The van der Waals surface area contributed by atoms with E-state index in [1.54, 1.807) is 28.7 Å². The second-order valence-electron chi connectivity index (χ2n) is 9.79. The van der Waals surface area contributed by atoms with Crippen LogP contribution in [-0.4, -0.2) is 56.7 Å². The van der Waals surface area contributed by atoms with E-state index in [2.05, 4.69) is 15.2 Å². The number of piperazine rings is 1. The highest BCUT2D eigenvalue weighted by molar-refractivity contribution is 7.98. The van der Waals surface area contributed by atoms with Crippen molar-refractivity contribution in [3.63, 3.8) is 0 Å². The van der Waals surface area contributed by atoms with Gasteiger partial charge in [0.15, 0.2) is 10.9 Å². The first-order valence-electron chi connectivity index (χ1n) is 13.2. The molecule has 0 unspecified atom stereocenters. The lowest BCUT2D eigenvalue weighted by atomic mass is 10.1. The van der Waals surface area contributed by atoms with Gasteiger partial charge in [-0.3, -0.25) is 9.36 Å². The van der Waals surface area contributed by atoms with Gasteiger partial charge in [-0.25, -0.2) is 4.98 Å². The van der Waals surface area contributed by atoms with E-state index >= 15 is 0 Å². The van der Waals surface area contributed by atoms with Gasteiger partial charge >= 0.3 is 6.18 Å². The molecule has 3 aromatic heterocycles. The number of rotatable bonds is 7. The van der Waals surface area contributed by atoms with Crippen molar-refractivity contribution in [1.29, 1.82) is 0 Å². The van der Waals surface area contributed by atoms with Crippen LogP contribution in [0.4, 0.5) is 18.9 Å². The van der Waals surface area contributed by atoms with Crippen molar-refractivity contribution in [2.24, 2.45) is 0 Å². The minimum atomic E-state index is -4.40. The summed E-state index contributed by atoms with van der Waals surface area (Å²) in [6.45, 7) is 3.60. The number of alkyl halides is 3. The standard InChI is InChI=1S/C29H24ClF3N6O2S2/c1-18-7-8-20(30)15-23(18)39-26(24-6-3-13-41-24)35-36-28(39)43-17-25-34-22(16-42-25)27(40)38-11-9-37(10-12-38)21-5-2-4-19(14-21)29(31,32)33/h2-8,13-16H,9-12,17H2,1H3. The monoisotopic (exact) mass is 644 g/mol. The molecule has 2 aromatic carbocycles. The summed E-state index contributed by atoms with van der Waals surface area (Å²) in [6, 6.07) is 14.5. The SMILES string of the molecule is Cc1ccc(Cl)cc1-n1c(SCc2nc(C(=O)N3CCN(c4cccc(C(F)(F)F)c4)CC3)cs2)nnc1-c1ccco1. The lowest BCUT2D eigenvalue weighted by Gasteiger charge is -2.36. The average molecular weight is 645 g/mol. The second kappa shape index (κ2) is 12.1. The van der Waals surface area contributed by atoms with Gasteiger partial charge in [-0.05, 0) is 55.0 Å². The smallest absolute Gasteiger partial charge is 0.416 e. The fourth-order valence-corrected chi connectivity index (χ4v) is 6.68. The Morgan fingerprint density at radius 1 is 1.07 bits per heavy atom. The quantitative estimate of drug-likeness (QED) is 0.173. The molecule has 1 amide bonds. The van der Waals surface area contributed by atoms with Gasteiger partial charge in [-0.15, -0.1) is 21.5 Å². The summed E-state index contributed by atoms with van der Waals surface area (Å²) in [5, 5.41) is 12.5. The minimum absolute atomic E-state index is 0.200. The molecule has 0 atom stereocenters. The number of hydrogen-bond donors (Lipinski definition) is 0. The number of furan rings is 1. The molecule has 43 heavy (non-hydrogen) atoms. The molecule has 1 aliphatic rings. The highest BCUT2D eigenvalue weighted by Crippen LogP contribution is 2.34. The second-order valence-corrected chi connectivity index (χ2v) is 12.1. The number of amides is 1. The maximum absolute atomic E-state index is 13.2. The summed E-state index contributed by atoms with van der Waals surface area (Å²) in [5.41, 5.74) is 1.96. The van der Waals surface area contributed by atoms with E-state index in [0.29, 0.717) is 65.1 Å². The van der Waals surface area contributed by atoms with E-state index in [1.165, 1.54) is 29.2 Å². The molecule has 8 nitrogen and oxygen atoms in total. The van der Waals surface area contributed by atoms with Gasteiger partial charge in [0.05, 0.1) is 23.3 Å². The first-order chi connectivity index (χ1) is 20.7. The lowest BCUT2D eigenvalue weighted by molar-refractivity contribution is -0.137. The van der Waals surface area contributed by atoms with Gasteiger partial charge < -0.3 is 14.2 Å². The molecule has 1 fully saturated rings. The topological polar surface area (TPSA) is 80.3 Å². The number of benzene rings is 2. The Morgan fingerprint density at radius 2 is 1.88 bits per heavy atom. The summed E-state index contributed by atoms with van der Waals surface area (Å²) in [5.74, 6) is 1.36. The van der Waals surface area contributed by atoms with Crippen molar-refractivity contribution in [2.75, 3.05) is 31.1 Å². The maximum Gasteiger partial charge on any atom is 0.416 e. The fraction of sp³-hybridized carbons (Fsp3) is 0.241. The van der Waals surface area contributed by atoms with E-state index in [-0.39, 0.29) is 5.91 Å². The summed E-state index contributed by atoms with van der Waals surface area (Å²) < 4.78 is 46.9. The van der Waals surface area contributed by atoms with Crippen LogP contribution in [0.15, 0.2) is 75.8 Å². The Balaban J connectivity index is 1.13. The first-order valence-corrected chi connectivity index (χ1v) is 15.5. The van der Waals surface area contributed by atoms with Crippen molar-refractivity contribution in [1.82, 2.24) is 24.6 Å². The van der Waals surface area contributed by atoms with Crippen LogP contribution in [0.5, 0.6) is 0 Å². The molecule has 222 valence electrons. The third-order valence-electron chi connectivity index (χ3n) is 6.99. The molecule has 6 rings (SSSR count). The Hall–Kier alpha value is -3.81. The lowest BCUT2D eigenvalue weighted by Crippen LogP contribution is -2.49. The number of hydrogen-bond acceptors (Lipinski definition) is 8. The Kier molecular flexibility index (Phi) is 8.21. The molecule has 0 radical (unpaired) electrons. The molecular formula is C29H24ClF3N6O2S2. The number of halogens is 4. The molecule has 4 heterocycles. The predicted molar refractivity (Wildman–Crippen MR) is 160 cm³/mol. The molecule has 1 saturated heterocycles. The van der Waals surface area contributed by atoms with E-state index in [0.717, 1.165) is 28.4 Å². The van der Waals surface area contributed by atoms with E-state index in [9.17, 15) is 18.0 Å². The molecule has 1 aliphatic heterocycles. The number of nitrogens with zero attached hydrogens (tertiary/aromatic N) is 6. The van der Waals surface area contributed by atoms with Gasteiger partial charge in [-0.2, -0.15) is 13.2 Å². The molecule has 5 aromatic rings. The summed E-state index contributed by atoms with van der Waals surface area (Å²) in [7, 11) is 0. The van der Waals surface area contributed by atoms with Gasteiger partial charge in [0.1, 0.15) is 10.7 Å². The Bertz CT molecular complexity index is 1750. The van der Waals surface area contributed by atoms with Crippen LogP contribution in [0.25, 0.3) is 17.3 Å². The summed E-state index contributed by atoms with van der Waals surface area (Å²) in [4.78, 5) is 21.3. The van der Waals surface area contributed by atoms with Crippen LogP contribution in [0, 0.1) is 6.92 Å². The summed E-state index contributed by atoms with van der Waals surface area (Å²) >= 11 is 9.13. The zero-order valence-corrected chi connectivity index (χ0v) is 25.1. The van der Waals surface area contributed by atoms with Crippen molar-refractivity contribution in [3.05, 3.63) is 93.1 Å². The average Bonchev–Trinajstić information content (AvgIpc) is 3.78. The molecule has 0 saturated carbocycles. The number of anilines is 1. The highest BCUT2D eigenvalue weighted by Gasteiger charge is 2.31. The molecule has 0 N–H and O–H groups in total. The van der Waals surface area contributed by atoms with Gasteiger partial charge in [-0.1, -0.05) is 35.5 Å². The zero-order chi connectivity index (χ0) is 30.1. The number of thiazole rings is 1. The third-order valence-corrected chi connectivity index (χ3v) is 9.19. The summed E-state index contributed by atoms with van der Waals surface area (Å²) in [6.07, 6.45) is -2.83. The first kappa shape index (κ1) is 29.3. The number of aromatic nitrogens is 4. The van der Waals surface area contributed by atoms with Crippen LogP contribution >= 0.6 is 34.7 Å². The highest BCUT2D eigenvalue weighted by atomic mass is 35.5. The normalized spacial score (nSPS) is 14.0. The number of thioether (sulfide) groups is 1. The van der Waals surface area contributed by atoms with Gasteiger partial charge in [0.25, 0.3) is 5.91 Å². The van der Waals surface area contributed by atoms with Crippen molar-refractivity contribution < 1.29 is 22.4 Å². The minimum Gasteiger partial charge on any atom is -0.461 e. The van der Waals surface area contributed by atoms with Crippen molar-refractivity contribution in [2.45, 2.75) is 24.0 Å². The van der Waals surface area contributed by atoms with Crippen LogP contribution in [0.1, 0.15) is 26.6 Å². The largest absolute Gasteiger partial charge is 0.461 e. The fourth-order valence-electron chi connectivity index (χ4n) is 4.78. The van der Waals surface area contributed by atoms with Gasteiger partial charge in [0, 0.05) is 42.3 Å². The molecular weight excluding hydrogens is 621 g/mol. The van der Waals surface area contributed by atoms with E-state index in [1.807, 2.05) is 40.7 Å². The maximum atomic E-state index is 13.2. The van der Waals surface area contributed by atoms with Crippen LogP contribution in [0.2, 0.25) is 5.02 Å². The number of carbonyl (C=O) groups excluding carboxylic acids is 1. The number of aryl methyl sites for hydroxylation is 1. The van der Waals surface area contributed by atoms with E-state index < -0.39 is 11.7 Å². The van der Waals surface area contributed by atoms with Gasteiger partial charge in [0.2, 0.25) is 5.82 Å². The number of carbonyl (C=O) groups is 1. The van der Waals surface area contributed by atoms with E-state index in [4.69, 9.17) is 16.0 Å². The third kappa shape index (κ3) is 6.29.